The minimum absolute atomic E-state index is 0.0117. The van der Waals surface area contributed by atoms with Crippen molar-refractivity contribution in [2.75, 3.05) is 27.2 Å². The molecule has 2 aromatic heterocycles. The van der Waals surface area contributed by atoms with Crippen molar-refractivity contribution in [2.24, 2.45) is 5.92 Å². The third-order valence-electron chi connectivity index (χ3n) is 15.3. The summed E-state index contributed by atoms with van der Waals surface area (Å²) in [6.45, 7) is 4.10. The van der Waals surface area contributed by atoms with E-state index >= 15 is 0 Å². The van der Waals surface area contributed by atoms with Gasteiger partial charge in [0.1, 0.15) is 22.1 Å². The summed E-state index contributed by atoms with van der Waals surface area (Å²) in [6.07, 6.45) is 12.8. The summed E-state index contributed by atoms with van der Waals surface area (Å²) in [5, 5.41) is 24.1. The van der Waals surface area contributed by atoms with E-state index in [9.17, 15) is 28.8 Å². The molecule has 0 bridgehead atoms. The lowest BCUT2D eigenvalue weighted by Gasteiger charge is -2.35. The van der Waals surface area contributed by atoms with Gasteiger partial charge < -0.3 is 41.7 Å². The van der Waals surface area contributed by atoms with Crippen LogP contribution in [0, 0.1) is 5.92 Å². The van der Waals surface area contributed by atoms with Crippen LogP contribution in [-0.2, 0) is 28.8 Å². The van der Waals surface area contributed by atoms with Crippen molar-refractivity contribution in [3.8, 4) is 22.5 Å². The van der Waals surface area contributed by atoms with Gasteiger partial charge >= 0.3 is 0 Å². The maximum Gasteiger partial charge on any atom is 0.250 e. The Labute approximate surface area is 443 Å². The predicted molar refractivity (Wildman–Crippen MR) is 290 cm³/mol. The Bertz CT molecular complexity index is 2580. The summed E-state index contributed by atoms with van der Waals surface area (Å²) in [5.41, 5.74) is 4.51. The summed E-state index contributed by atoms with van der Waals surface area (Å²) in [4.78, 5) is 97.2. The van der Waals surface area contributed by atoms with Gasteiger partial charge in [-0.2, -0.15) is 0 Å². The lowest BCUT2D eigenvalue weighted by atomic mass is 9.83. The number of benzene rings is 2. The SMILES string of the molecule is CN[C@@H](C)C(=O)N[C@H](C(=O)N1C[C@@H](NC(=O)CCCCC(=O)N[C@H]2C[C@@H](c3nc(-c4ccccc4)cs3)N(C(=O)[C@@H](NC(=O)[C@H](C)NC)C3CCCCC3)C2)C[C@H]1c1nc(-c2ccccc2)cs1)C1=CCCCC1. The average molecular weight is 1050 g/mol. The first-order chi connectivity index (χ1) is 35.9. The van der Waals surface area contributed by atoms with Crippen LogP contribution in [0.25, 0.3) is 22.5 Å². The molecule has 4 aromatic rings. The summed E-state index contributed by atoms with van der Waals surface area (Å²) >= 11 is 2.99. The molecule has 3 fully saturated rings. The number of thiazole rings is 2. The Balaban J connectivity index is 0.899. The molecule has 0 unspecified atom stereocenters. The molecule has 8 atom stereocenters. The average Bonchev–Trinajstić information content (AvgIpc) is 4.28. The smallest absolute Gasteiger partial charge is 0.250 e. The largest absolute Gasteiger partial charge is 0.351 e. The lowest BCUT2D eigenvalue weighted by molar-refractivity contribution is -0.139. The lowest BCUT2D eigenvalue weighted by Crippen LogP contribution is -2.56. The normalized spacial score (nSPS) is 21.8. The van der Waals surface area contributed by atoms with Crippen LogP contribution in [0.15, 0.2) is 83.1 Å². The van der Waals surface area contributed by atoms with Crippen molar-refractivity contribution < 1.29 is 28.8 Å². The quantitative estimate of drug-likeness (QED) is 0.0373. The molecule has 16 nitrogen and oxygen atoms in total. The first kappa shape index (κ1) is 54.4. The zero-order valence-electron chi connectivity index (χ0n) is 43.3. The molecule has 1 saturated carbocycles. The Hall–Kier alpha value is -5.82. The molecule has 396 valence electrons. The van der Waals surface area contributed by atoms with E-state index in [1.165, 1.54) is 22.7 Å². The number of nitrogens with one attached hydrogen (secondary N) is 6. The first-order valence-electron chi connectivity index (χ1n) is 26.8. The topological polar surface area (TPSA) is 207 Å². The second-order valence-corrected chi connectivity index (χ2v) is 22.2. The molecule has 2 saturated heterocycles. The van der Waals surface area contributed by atoms with Crippen LogP contribution in [-0.4, -0.2) is 119 Å². The molecule has 6 N–H and O–H groups in total. The number of unbranched alkanes of at least 4 members (excludes halogenated alkanes) is 1. The second-order valence-electron chi connectivity index (χ2n) is 20.5. The number of carbonyl (C=O) groups excluding carboxylic acids is 6. The molecular formula is C56H74N10O6S2. The number of allylic oxidation sites excluding steroid dienone is 1. The van der Waals surface area contributed by atoms with Crippen LogP contribution in [0.4, 0.5) is 0 Å². The Morgan fingerprint density at radius 2 is 1.14 bits per heavy atom. The highest BCUT2D eigenvalue weighted by molar-refractivity contribution is 7.10. The number of amides is 6. The van der Waals surface area contributed by atoms with Crippen molar-refractivity contribution in [2.45, 2.75) is 158 Å². The van der Waals surface area contributed by atoms with Crippen LogP contribution in [0.3, 0.4) is 0 Å². The first-order valence-corrected chi connectivity index (χ1v) is 28.5. The maximum absolute atomic E-state index is 14.8. The Morgan fingerprint density at radius 3 is 1.62 bits per heavy atom. The Morgan fingerprint density at radius 1 is 0.635 bits per heavy atom. The van der Waals surface area contributed by atoms with Crippen molar-refractivity contribution in [1.29, 1.82) is 0 Å². The summed E-state index contributed by atoms with van der Waals surface area (Å²) in [7, 11) is 3.44. The van der Waals surface area contributed by atoms with Gasteiger partial charge in [-0.15, -0.1) is 22.7 Å². The maximum atomic E-state index is 14.8. The monoisotopic (exact) mass is 1050 g/mol. The van der Waals surface area contributed by atoms with Gasteiger partial charge in [0.05, 0.1) is 35.6 Å². The summed E-state index contributed by atoms with van der Waals surface area (Å²) in [5.74, 6) is -1.14. The van der Waals surface area contributed by atoms with Crippen molar-refractivity contribution in [1.82, 2.24) is 51.7 Å². The summed E-state index contributed by atoms with van der Waals surface area (Å²) < 4.78 is 0. The van der Waals surface area contributed by atoms with Crippen molar-refractivity contribution in [3.63, 3.8) is 0 Å². The molecule has 74 heavy (non-hydrogen) atoms. The number of carbonyl (C=O) groups is 6. The molecule has 2 aromatic carbocycles. The van der Waals surface area contributed by atoms with E-state index < -0.39 is 30.2 Å². The molecule has 0 radical (unpaired) electrons. The van der Waals surface area contributed by atoms with Crippen molar-refractivity contribution >= 4 is 58.1 Å². The number of nitrogens with zero attached hydrogens (tertiary/aromatic N) is 4. The number of rotatable bonds is 21. The van der Waals surface area contributed by atoms with Gasteiger partial charge in [-0.1, -0.05) is 86.0 Å². The van der Waals surface area contributed by atoms with E-state index in [1.807, 2.05) is 76.3 Å². The fourth-order valence-electron chi connectivity index (χ4n) is 10.8. The van der Waals surface area contributed by atoms with Gasteiger partial charge in [-0.25, -0.2) is 9.97 Å². The third-order valence-corrected chi connectivity index (χ3v) is 17.2. The highest BCUT2D eigenvalue weighted by atomic mass is 32.1. The fraction of sp³-hybridized carbons (Fsp3) is 0.536. The van der Waals surface area contributed by atoms with Gasteiger partial charge in [0.15, 0.2) is 0 Å². The number of aromatic nitrogens is 2. The van der Waals surface area contributed by atoms with Crippen molar-refractivity contribution in [3.05, 3.63) is 93.1 Å². The minimum atomic E-state index is -0.827. The predicted octanol–water partition coefficient (Wildman–Crippen LogP) is 6.98. The van der Waals surface area contributed by atoms with E-state index in [0.717, 1.165) is 95.9 Å². The third kappa shape index (κ3) is 13.7. The number of likely N-dealkylation sites (tertiary alicyclic amines) is 2. The van der Waals surface area contributed by atoms with E-state index in [1.54, 1.807) is 32.8 Å². The van der Waals surface area contributed by atoms with Crippen LogP contribution < -0.4 is 31.9 Å². The number of likely N-dealkylation sites (N-methyl/N-ethyl adjacent to an activating group) is 2. The van der Waals surface area contributed by atoms with Crippen LogP contribution in [0.1, 0.15) is 132 Å². The number of hydrogen-bond acceptors (Lipinski definition) is 12. The Kier molecular flexibility index (Phi) is 19.2. The molecule has 8 rings (SSSR count). The van der Waals surface area contributed by atoms with Gasteiger partial charge in [0.2, 0.25) is 35.4 Å². The minimum Gasteiger partial charge on any atom is -0.351 e. The molecule has 4 heterocycles. The standard InChI is InChI=1S/C56H74N10O6S2/c1-35(57-3)51(69)63-49(39-23-13-7-14-24-39)55(71)65-31-41(29-45(65)53-61-43(33-73-53)37-19-9-5-10-20-37)59-47(67)27-17-18-28-48(68)60-42-30-46(54-62-44(34-74-54)38-21-11-6-12-22-38)66(32-42)56(72)50(40-25-15-8-16-26-40)64-52(70)36(2)58-4/h5-6,9-12,19-23,33-36,40-42,45-46,49-50,57-58H,7-8,13-18,24-32H2,1-4H3,(H,59,67)(H,60,68)(H,63,69)(H,64,70)/t35-,36-,41-,42-,45-,46-,49-,50-/m0/s1. The molecule has 6 amide bonds. The van der Waals surface area contributed by atoms with E-state index in [0.29, 0.717) is 25.7 Å². The van der Waals surface area contributed by atoms with Gasteiger partial charge in [-0.05, 0) is 104 Å². The molecule has 0 spiro atoms. The van der Waals surface area contributed by atoms with Gasteiger partial charge in [0, 0.05) is 59.9 Å². The van der Waals surface area contributed by atoms with Crippen LogP contribution in [0.5, 0.6) is 0 Å². The fourth-order valence-corrected chi connectivity index (χ4v) is 12.7. The van der Waals surface area contributed by atoms with E-state index in [4.69, 9.17) is 9.97 Å². The molecule has 2 aliphatic heterocycles. The highest BCUT2D eigenvalue weighted by Crippen LogP contribution is 2.40. The summed E-state index contributed by atoms with van der Waals surface area (Å²) in [6, 6.07) is 15.9. The molecule has 4 aliphatic rings. The van der Waals surface area contributed by atoms with Crippen LogP contribution >= 0.6 is 22.7 Å². The molecule has 18 heteroatoms. The second kappa shape index (κ2) is 26.1. The van der Waals surface area contributed by atoms with E-state index in [-0.39, 0.29) is 85.4 Å². The zero-order chi connectivity index (χ0) is 52.1. The molecular weight excluding hydrogens is 973 g/mol. The zero-order valence-corrected chi connectivity index (χ0v) is 44.9. The van der Waals surface area contributed by atoms with Gasteiger partial charge in [-0.3, -0.25) is 28.8 Å². The van der Waals surface area contributed by atoms with Crippen LogP contribution in [0.2, 0.25) is 0 Å². The molecule has 2 aliphatic carbocycles. The number of hydrogen-bond donors (Lipinski definition) is 6. The van der Waals surface area contributed by atoms with Gasteiger partial charge in [0.25, 0.3) is 0 Å². The van der Waals surface area contributed by atoms with E-state index in [2.05, 4.69) is 38.0 Å². The highest BCUT2D eigenvalue weighted by Gasteiger charge is 2.45.